The Bertz CT molecular complexity index is 626. The topological polar surface area (TPSA) is 51.5 Å². The second-order valence-corrected chi connectivity index (χ2v) is 5.70. The predicted molar refractivity (Wildman–Crippen MR) is 81.7 cm³/mol. The maximum absolute atomic E-state index is 12.2. The normalized spacial score (nSPS) is 16.0. The summed E-state index contributed by atoms with van der Waals surface area (Å²) in [5, 5.41) is 3.88. The summed E-state index contributed by atoms with van der Waals surface area (Å²) in [4.78, 5) is 12.2. The van der Waals surface area contributed by atoms with Crippen molar-refractivity contribution in [2.24, 2.45) is 5.92 Å². The Labute approximate surface area is 124 Å². The average molecular weight is 287 g/mol. The fraction of sp³-hybridized carbons (Fsp3) is 0.471. The minimum Gasteiger partial charge on any atom is -0.493 e. The largest absolute Gasteiger partial charge is 0.493 e. The Hall–Kier alpha value is -1.97. The van der Waals surface area contributed by atoms with Crippen LogP contribution in [0.15, 0.2) is 28.7 Å². The molecule has 1 amide bonds. The molecule has 1 saturated carbocycles. The third-order valence-electron chi connectivity index (χ3n) is 4.23. The molecular weight excluding hydrogens is 266 g/mol. The van der Waals surface area contributed by atoms with Crippen LogP contribution >= 0.6 is 0 Å². The number of methoxy groups -OCH3 is 1. The molecule has 0 spiro atoms. The van der Waals surface area contributed by atoms with Gasteiger partial charge in [-0.15, -0.1) is 0 Å². The van der Waals surface area contributed by atoms with E-state index in [2.05, 4.69) is 5.32 Å². The zero-order valence-corrected chi connectivity index (χ0v) is 12.4. The van der Waals surface area contributed by atoms with Gasteiger partial charge in [-0.25, -0.2) is 0 Å². The number of hydrogen-bond acceptors (Lipinski definition) is 3. The molecule has 0 saturated heterocycles. The van der Waals surface area contributed by atoms with Crippen LogP contribution in [0.3, 0.4) is 0 Å². The lowest BCUT2D eigenvalue weighted by Crippen LogP contribution is -2.29. The van der Waals surface area contributed by atoms with E-state index in [1.54, 1.807) is 13.2 Å². The fourth-order valence-corrected chi connectivity index (χ4v) is 3.02. The smallest absolute Gasteiger partial charge is 0.287 e. The molecule has 4 heteroatoms. The molecule has 1 fully saturated rings. The molecule has 3 rings (SSSR count). The highest BCUT2D eigenvalue weighted by molar-refractivity contribution is 5.97. The van der Waals surface area contributed by atoms with Gasteiger partial charge in [0.2, 0.25) is 0 Å². The Kier molecular flexibility index (Phi) is 4.13. The van der Waals surface area contributed by atoms with Crippen molar-refractivity contribution in [2.45, 2.75) is 32.1 Å². The first kappa shape index (κ1) is 14.0. The number of amides is 1. The second kappa shape index (κ2) is 6.20. The third-order valence-corrected chi connectivity index (χ3v) is 4.23. The number of furan rings is 1. The van der Waals surface area contributed by atoms with Crippen LogP contribution in [0, 0.1) is 5.92 Å². The van der Waals surface area contributed by atoms with E-state index in [9.17, 15) is 4.79 Å². The number of fused-ring (bicyclic) bond motifs is 1. The third kappa shape index (κ3) is 3.04. The molecule has 4 nitrogen and oxygen atoms in total. The highest BCUT2D eigenvalue weighted by Gasteiger charge is 2.17. The summed E-state index contributed by atoms with van der Waals surface area (Å²) in [6, 6.07) is 7.41. The maximum atomic E-state index is 12.2. The van der Waals surface area contributed by atoms with Gasteiger partial charge in [0.1, 0.15) is 0 Å². The van der Waals surface area contributed by atoms with Gasteiger partial charge in [0, 0.05) is 11.9 Å². The number of carbonyl (C=O) groups is 1. The highest BCUT2D eigenvalue weighted by atomic mass is 16.5. The van der Waals surface area contributed by atoms with E-state index >= 15 is 0 Å². The molecule has 1 N–H and O–H groups in total. The van der Waals surface area contributed by atoms with Crippen LogP contribution in [-0.4, -0.2) is 19.6 Å². The van der Waals surface area contributed by atoms with E-state index in [1.807, 2.05) is 18.2 Å². The summed E-state index contributed by atoms with van der Waals surface area (Å²) in [7, 11) is 1.60. The first-order chi connectivity index (χ1) is 10.3. The molecule has 1 aromatic carbocycles. The number of carbonyl (C=O) groups excluding carboxylic acids is 1. The van der Waals surface area contributed by atoms with Gasteiger partial charge < -0.3 is 14.5 Å². The van der Waals surface area contributed by atoms with Crippen molar-refractivity contribution in [1.29, 1.82) is 0 Å². The zero-order valence-electron chi connectivity index (χ0n) is 12.4. The molecule has 0 radical (unpaired) electrons. The standard InChI is InChI=1S/C17H21NO3/c1-20-14-9-5-8-13-10-15(21-16(13)14)17(19)18-11-12-6-3-2-4-7-12/h5,8-10,12H,2-4,6-7,11H2,1H3,(H,18,19). The lowest BCUT2D eigenvalue weighted by Gasteiger charge is -2.21. The molecule has 0 atom stereocenters. The van der Waals surface area contributed by atoms with Crippen molar-refractivity contribution in [3.05, 3.63) is 30.0 Å². The molecule has 1 aliphatic carbocycles. The first-order valence-corrected chi connectivity index (χ1v) is 7.62. The van der Waals surface area contributed by atoms with Crippen LogP contribution in [0.2, 0.25) is 0 Å². The Morgan fingerprint density at radius 2 is 2.14 bits per heavy atom. The Balaban J connectivity index is 1.69. The summed E-state index contributed by atoms with van der Waals surface area (Å²) in [5.74, 6) is 1.48. The molecule has 1 heterocycles. The second-order valence-electron chi connectivity index (χ2n) is 5.70. The monoisotopic (exact) mass is 287 g/mol. The quantitative estimate of drug-likeness (QED) is 0.931. The summed E-state index contributed by atoms with van der Waals surface area (Å²) in [6.07, 6.45) is 6.32. The van der Waals surface area contributed by atoms with Crippen LogP contribution in [0.4, 0.5) is 0 Å². The van der Waals surface area contributed by atoms with Gasteiger partial charge in [-0.05, 0) is 30.9 Å². The van der Waals surface area contributed by atoms with Gasteiger partial charge in [-0.3, -0.25) is 4.79 Å². The van der Waals surface area contributed by atoms with E-state index in [1.165, 1.54) is 32.1 Å². The fourth-order valence-electron chi connectivity index (χ4n) is 3.02. The van der Waals surface area contributed by atoms with Crippen molar-refractivity contribution in [3.8, 4) is 5.75 Å². The highest BCUT2D eigenvalue weighted by Crippen LogP contribution is 2.28. The van der Waals surface area contributed by atoms with Crippen LogP contribution in [0.5, 0.6) is 5.75 Å². The minimum atomic E-state index is -0.140. The van der Waals surface area contributed by atoms with E-state index < -0.39 is 0 Å². The van der Waals surface area contributed by atoms with Gasteiger partial charge in [-0.2, -0.15) is 0 Å². The number of nitrogens with one attached hydrogen (secondary N) is 1. The van der Waals surface area contributed by atoms with Crippen molar-refractivity contribution >= 4 is 16.9 Å². The average Bonchev–Trinajstić information content (AvgIpc) is 2.97. The minimum absolute atomic E-state index is 0.140. The predicted octanol–water partition coefficient (Wildman–Crippen LogP) is 3.75. The zero-order chi connectivity index (χ0) is 14.7. The van der Waals surface area contributed by atoms with Crippen molar-refractivity contribution < 1.29 is 13.9 Å². The van der Waals surface area contributed by atoms with Gasteiger partial charge in [-0.1, -0.05) is 31.4 Å². The first-order valence-electron chi connectivity index (χ1n) is 7.62. The van der Waals surface area contributed by atoms with Crippen LogP contribution in [-0.2, 0) is 0 Å². The summed E-state index contributed by atoms with van der Waals surface area (Å²) in [5.41, 5.74) is 0.628. The van der Waals surface area contributed by atoms with Crippen LogP contribution in [0.25, 0.3) is 11.0 Å². The molecule has 112 valence electrons. The number of rotatable bonds is 4. The summed E-state index contributed by atoms with van der Waals surface area (Å²) < 4.78 is 10.9. The summed E-state index contributed by atoms with van der Waals surface area (Å²) in [6.45, 7) is 0.743. The number of benzene rings is 1. The molecule has 0 unspecified atom stereocenters. The van der Waals surface area contributed by atoms with Crippen LogP contribution in [0.1, 0.15) is 42.7 Å². The van der Waals surface area contributed by atoms with Gasteiger partial charge >= 0.3 is 0 Å². The number of ether oxygens (including phenoxy) is 1. The molecule has 21 heavy (non-hydrogen) atoms. The molecule has 0 aliphatic heterocycles. The van der Waals surface area contributed by atoms with E-state index in [0.29, 0.717) is 23.0 Å². The lowest BCUT2D eigenvalue weighted by molar-refractivity contribution is 0.0918. The molecular formula is C17H21NO3. The number of hydrogen-bond donors (Lipinski definition) is 1. The van der Waals surface area contributed by atoms with Gasteiger partial charge in [0.05, 0.1) is 7.11 Å². The number of para-hydroxylation sites is 1. The van der Waals surface area contributed by atoms with E-state index in [0.717, 1.165) is 11.9 Å². The van der Waals surface area contributed by atoms with Gasteiger partial charge in [0.15, 0.2) is 17.1 Å². The molecule has 1 aliphatic rings. The van der Waals surface area contributed by atoms with Crippen molar-refractivity contribution in [1.82, 2.24) is 5.32 Å². The Morgan fingerprint density at radius 1 is 1.33 bits per heavy atom. The van der Waals surface area contributed by atoms with Gasteiger partial charge in [0.25, 0.3) is 5.91 Å². The lowest BCUT2D eigenvalue weighted by atomic mass is 9.89. The Morgan fingerprint density at radius 3 is 2.90 bits per heavy atom. The van der Waals surface area contributed by atoms with Crippen LogP contribution < -0.4 is 10.1 Å². The van der Waals surface area contributed by atoms with E-state index in [4.69, 9.17) is 9.15 Å². The molecule has 1 aromatic heterocycles. The van der Waals surface area contributed by atoms with Crippen molar-refractivity contribution in [2.75, 3.05) is 13.7 Å². The summed E-state index contributed by atoms with van der Waals surface area (Å²) >= 11 is 0. The van der Waals surface area contributed by atoms with E-state index in [-0.39, 0.29) is 5.91 Å². The van der Waals surface area contributed by atoms with Crippen molar-refractivity contribution in [3.63, 3.8) is 0 Å². The molecule has 2 aromatic rings. The molecule has 0 bridgehead atoms. The maximum Gasteiger partial charge on any atom is 0.287 e. The SMILES string of the molecule is COc1cccc2cc(C(=O)NCC3CCCCC3)oc12.